The van der Waals surface area contributed by atoms with E-state index in [1.807, 2.05) is 30.3 Å². The summed E-state index contributed by atoms with van der Waals surface area (Å²) in [6.45, 7) is 4.14. The molecule has 0 atom stereocenters. The number of nitrogens with one attached hydrogen (secondary N) is 2. The van der Waals surface area contributed by atoms with E-state index in [1.54, 1.807) is 20.4 Å². The standard InChI is InChI=1S/C20H22N4O2/c1-13-6-5-7-14(2)19(13)23-18-10-11-21-20(24-18)22-15-8-9-16(25-3)17(12-15)26-4/h5-12H,1-4H3,(H2,21,22,23,24). The number of anilines is 4. The van der Waals surface area contributed by atoms with Gasteiger partial charge in [0.25, 0.3) is 0 Å². The van der Waals surface area contributed by atoms with Crippen molar-refractivity contribution in [2.75, 3.05) is 24.9 Å². The molecule has 134 valence electrons. The maximum atomic E-state index is 5.33. The highest BCUT2D eigenvalue weighted by molar-refractivity contribution is 5.66. The number of hydrogen-bond donors (Lipinski definition) is 2. The predicted molar refractivity (Wildman–Crippen MR) is 104 cm³/mol. The molecule has 0 amide bonds. The zero-order valence-electron chi connectivity index (χ0n) is 15.3. The number of methoxy groups -OCH3 is 2. The molecule has 1 aromatic heterocycles. The average molecular weight is 350 g/mol. The van der Waals surface area contributed by atoms with Gasteiger partial charge >= 0.3 is 0 Å². The number of para-hydroxylation sites is 1. The van der Waals surface area contributed by atoms with Crippen LogP contribution in [0.2, 0.25) is 0 Å². The number of aromatic nitrogens is 2. The molecular weight excluding hydrogens is 328 g/mol. The summed E-state index contributed by atoms with van der Waals surface area (Å²) in [7, 11) is 3.21. The van der Waals surface area contributed by atoms with E-state index >= 15 is 0 Å². The highest BCUT2D eigenvalue weighted by Crippen LogP contribution is 2.31. The van der Waals surface area contributed by atoms with Crippen molar-refractivity contribution in [3.63, 3.8) is 0 Å². The molecule has 0 fully saturated rings. The van der Waals surface area contributed by atoms with Crippen LogP contribution in [0.4, 0.5) is 23.1 Å². The van der Waals surface area contributed by atoms with Crippen LogP contribution < -0.4 is 20.1 Å². The molecule has 0 spiro atoms. The summed E-state index contributed by atoms with van der Waals surface area (Å²) in [5.41, 5.74) is 4.20. The van der Waals surface area contributed by atoms with E-state index in [0.29, 0.717) is 17.4 Å². The van der Waals surface area contributed by atoms with Gasteiger partial charge in [-0.05, 0) is 43.2 Å². The molecule has 0 radical (unpaired) electrons. The van der Waals surface area contributed by atoms with Crippen LogP contribution in [0.5, 0.6) is 11.5 Å². The van der Waals surface area contributed by atoms with Gasteiger partial charge in [-0.1, -0.05) is 18.2 Å². The van der Waals surface area contributed by atoms with E-state index in [2.05, 4.69) is 46.6 Å². The Hall–Kier alpha value is -3.28. The fourth-order valence-electron chi connectivity index (χ4n) is 2.67. The van der Waals surface area contributed by atoms with Crippen LogP contribution in [0.25, 0.3) is 0 Å². The normalized spacial score (nSPS) is 10.3. The zero-order valence-corrected chi connectivity index (χ0v) is 15.3. The molecule has 3 rings (SSSR count). The molecule has 2 N–H and O–H groups in total. The summed E-state index contributed by atoms with van der Waals surface area (Å²) in [5.74, 6) is 2.53. The Bertz CT molecular complexity index is 892. The molecule has 0 aliphatic heterocycles. The fourth-order valence-corrected chi connectivity index (χ4v) is 2.67. The molecule has 26 heavy (non-hydrogen) atoms. The number of rotatable bonds is 6. The molecule has 2 aromatic carbocycles. The summed E-state index contributed by atoms with van der Waals surface area (Å²) < 4.78 is 10.6. The molecule has 1 heterocycles. The molecule has 3 aromatic rings. The number of aryl methyl sites for hydroxylation is 2. The van der Waals surface area contributed by atoms with Gasteiger partial charge in [0.2, 0.25) is 5.95 Å². The minimum Gasteiger partial charge on any atom is -0.493 e. The first-order valence-corrected chi connectivity index (χ1v) is 8.26. The molecule has 6 nitrogen and oxygen atoms in total. The van der Waals surface area contributed by atoms with Crippen LogP contribution in [0, 0.1) is 13.8 Å². The Morgan fingerprint density at radius 3 is 2.27 bits per heavy atom. The third kappa shape index (κ3) is 3.85. The Labute approximate surface area is 153 Å². The van der Waals surface area contributed by atoms with Crippen molar-refractivity contribution in [3.8, 4) is 11.5 Å². The fraction of sp³-hybridized carbons (Fsp3) is 0.200. The smallest absolute Gasteiger partial charge is 0.229 e. The van der Waals surface area contributed by atoms with E-state index < -0.39 is 0 Å². The summed E-state index contributed by atoms with van der Waals surface area (Å²) in [4.78, 5) is 8.82. The average Bonchev–Trinajstić information content (AvgIpc) is 2.65. The molecule has 6 heteroatoms. The molecular formula is C20H22N4O2. The summed E-state index contributed by atoms with van der Waals surface area (Å²) >= 11 is 0. The minimum absolute atomic E-state index is 0.494. The van der Waals surface area contributed by atoms with Gasteiger partial charge in [-0.25, -0.2) is 4.98 Å². The number of nitrogens with zero attached hydrogens (tertiary/aromatic N) is 2. The Morgan fingerprint density at radius 1 is 0.846 bits per heavy atom. The van der Waals surface area contributed by atoms with Crippen molar-refractivity contribution in [3.05, 3.63) is 59.8 Å². The third-order valence-electron chi connectivity index (χ3n) is 4.03. The van der Waals surface area contributed by atoms with Gasteiger partial charge in [0.15, 0.2) is 11.5 Å². The molecule has 0 saturated carbocycles. The zero-order chi connectivity index (χ0) is 18.5. The van der Waals surface area contributed by atoms with Crippen LogP contribution >= 0.6 is 0 Å². The summed E-state index contributed by atoms with van der Waals surface area (Å²) in [6, 6.07) is 13.6. The molecule has 0 bridgehead atoms. The maximum Gasteiger partial charge on any atom is 0.229 e. The first-order chi connectivity index (χ1) is 12.6. The van der Waals surface area contributed by atoms with Crippen LogP contribution in [-0.2, 0) is 0 Å². The van der Waals surface area contributed by atoms with E-state index in [-0.39, 0.29) is 0 Å². The number of benzene rings is 2. The topological polar surface area (TPSA) is 68.3 Å². The van der Waals surface area contributed by atoms with Crippen molar-refractivity contribution in [2.24, 2.45) is 0 Å². The van der Waals surface area contributed by atoms with E-state index in [9.17, 15) is 0 Å². The Balaban J connectivity index is 1.82. The van der Waals surface area contributed by atoms with Crippen molar-refractivity contribution in [1.29, 1.82) is 0 Å². The van der Waals surface area contributed by atoms with Crippen molar-refractivity contribution in [1.82, 2.24) is 9.97 Å². The van der Waals surface area contributed by atoms with Crippen LogP contribution in [0.3, 0.4) is 0 Å². The van der Waals surface area contributed by atoms with Gasteiger partial charge in [-0.15, -0.1) is 0 Å². The highest BCUT2D eigenvalue weighted by atomic mass is 16.5. The largest absolute Gasteiger partial charge is 0.493 e. The molecule has 0 aliphatic rings. The molecule has 0 aliphatic carbocycles. The quantitative estimate of drug-likeness (QED) is 0.677. The van der Waals surface area contributed by atoms with Crippen molar-refractivity contribution in [2.45, 2.75) is 13.8 Å². The van der Waals surface area contributed by atoms with Gasteiger partial charge in [0.1, 0.15) is 5.82 Å². The van der Waals surface area contributed by atoms with Crippen molar-refractivity contribution < 1.29 is 9.47 Å². The highest BCUT2D eigenvalue weighted by Gasteiger charge is 2.07. The molecule has 0 unspecified atom stereocenters. The Kier molecular flexibility index (Phi) is 5.22. The van der Waals surface area contributed by atoms with Crippen LogP contribution in [0.1, 0.15) is 11.1 Å². The SMILES string of the molecule is COc1ccc(Nc2nccc(Nc3c(C)cccc3C)n2)cc1OC. The van der Waals surface area contributed by atoms with Gasteiger partial charge in [-0.2, -0.15) is 4.98 Å². The minimum atomic E-state index is 0.494. The monoisotopic (exact) mass is 350 g/mol. The lowest BCUT2D eigenvalue weighted by molar-refractivity contribution is 0.355. The van der Waals surface area contributed by atoms with Crippen LogP contribution in [-0.4, -0.2) is 24.2 Å². The second-order valence-corrected chi connectivity index (χ2v) is 5.85. The maximum absolute atomic E-state index is 5.33. The van der Waals surface area contributed by atoms with E-state index in [1.165, 1.54) is 0 Å². The lowest BCUT2D eigenvalue weighted by Crippen LogP contribution is -2.02. The first kappa shape index (κ1) is 17.5. The first-order valence-electron chi connectivity index (χ1n) is 8.26. The number of hydrogen-bond acceptors (Lipinski definition) is 6. The Morgan fingerprint density at radius 2 is 1.58 bits per heavy atom. The predicted octanol–water partition coefficient (Wildman–Crippen LogP) is 4.60. The molecule has 0 saturated heterocycles. The van der Waals surface area contributed by atoms with Crippen LogP contribution in [0.15, 0.2) is 48.7 Å². The second kappa shape index (κ2) is 7.74. The lowest BCUT2D eigenvalue weighted by Gasteiger charge is -2.13. The van der Waals surface area contributed by atoms with E-state index in [4.69, 9.17) is 9.47 Å². The summed E-state index contributed by atoms with van der Waals surface area (Å²) in [5, 5.41) is 6.56. The van der Waals surface area contributed by atoms with Gasteiger partial charge in [0, 0.05) is 23.6 Å². The van der Waals surface area contributed by atoms with Gasteiger partial charge in [0.05, 0.1) is 14.2 Å². The van der Waals surface area contributed by atoms with Gasteiger partial charge < -0.3 is 20.1 Å². The lowest BCUT2D eigenvalue weighted by atomic mass is 10.1. The van der Waals surface area contributed by atoms with E-state index in [0.717, 1.165) is 28.3 Å². The van der Waals surface area contributed by atoms with Gasteiger partial charge in [-0.3, -0.25) is 0 Å². The van der Waals surface area contributed by atoms with Crippen molar-refractivity contribution >= 4 is 23.1 Å². The third-order valence-corrected chi connectivity index (χ3v) is 4.03. The summed E-state index contributed by atoms with van der Waals surface area (Å²) in [6.07, 6.45) is 1.71. The number of ether oxygens (including phenoxy) is 2. The second-order valence-electron chi connectivity index (χ2n) is 5.85.